The summed E-state index contributed by atoms with van der Waals surface area (Å²) in [7, 11) is 0. The van der Waals surface area contributed by atoms with Gasteiger partial charge in [0.25, 0.3) is 0 Å². The monoisotopic (exact) mass is 267 g/mol. The van der Waals surface area contributed by atoms with E-state index in [0.29, 0.717) is 0 Å². The average molecular weight is 268 g/mol. The Morgan fingerprint density at radius 1 is 1.33 bits per heavy atom. The van der Waals surface area contributed by atoms with E-state index in [0.717, 1.165) is 10.4 Å². The zero-order valence-corrected chi connectivity index (χ0v) is 10.8. The summed E-state index contributed by atoms with van der Waals surface area (Å²) in [6, 6.07) is 8.68. The molecule has 2 rings (SSSR count). The smallest absolute Gasteiger partial charge is 0.0367 e. The third kappa shape index (κ3) is 2.75. The molecule has 1 atom stereocenters. The van der Waals surface area contributed by atoms with Crippen LogP contribution in [-0.4, -0.2) is 13.1 Å². The van der Waals surface area contributed by atoms with Crippen molar-refractivity contribution in [3.8, 4) is 0 Å². The Morgan fingerprint density at radius 2 is 2.07 bits per heavy atom. The number of hydrogen-bond donors (Lipinski definition) is 0. The largest absolute Gasteiger partial charge is 0.371 e. The van der Waals surface area contributed by atoms with Gasteiger partial charge in [-0.3, -0.25) is 0 Å². The van der Waals surface area contributed by atoms with Crippen molar-refractivity contribution in [2.75, 3.05) is 18.0 Å². The molecular weight excluding hydrogens is 250 g/mol. The van der Waals surface area contributed by atoms with Crippen LogP contribution in [0.2, 0.25) is 0 Å². The van der Waals surface area contributed by atoms with E-state index in [1.54, 1.807) is 0 Å². The predicted molar refractivity (Wildman–Crippen MR) is 69.4 cm³/mol. The van der Waals surface area contributed by atoms with E-state index >= 15 is 0 Å². The van der Waals surface area contributed by atoms with Crippen LogP contribution in [0.3, 0.4) is 0 Å². The van der Waals surface area contributed by atoms with Crippen LogP contribution >= 0.6 is 15.9 Å². The maximum atomic E-state index is 3.48. The molecule has 0 N–H and O–H groups in total. The molecule has 1 saturated heterocycles. The fourth-order valence-corrected chi connectivity index (χ4v) is 2.55. The van der Waals surface area contributed by atoms with Crippen LogP contribution < -0.4 is 4.90 Å². The van der Waals surface area contributed by atoms with Gasteiger partial charge in [-0.25, -0.2) is 0 Å². The molecule has 0 radical (unpaired) electrons. The highest BCUT2D eigenvalue weighted by Crippen LogP contribution is 2.25. The molecule has 1 nitrogen and oxygen atoms in total. The van der Waals surface area contributed by atoms with Gasteiger partial charge in [0, 0.05) is 23.2 Å². The molecule has 1 aliphatic rings. The quantitative estimate of drug-likeness (QED) is 0.781. The Kier molecular flexibility index (Phi) is 3.68. The van der Waals surface area contributed by atoms with E-state index in [4.69, 9.17) is 0 Å². The molecule has 1 heterocycles. The van der Waals surface area contributed by atoms with Gasteiger partial charge >= 0.3 is 0 Å². The highest BCUT2D eigenvalue weighted by atomic mass is 79.9. The fourth-order valence-electron chi connectivity index (χ4n) is 2.28. The Morgan fingerprint density at radius 3 is 2.73 bits per heavy atom. The number of benzene rings is 1. The first-order chi connectivity index (χ1) is 7.29. The van der Waals surface area contributed by atoms with Gasteiger partial charge < -0.3 is 4.90 Å². The second kappa shape index (κ2) is 5.02. The average Bonchev–Trinajstić information content (AvgIpc) is 2.30. The Balaban J connectivity index is 2.06. The van der Waals surface area contributed by atoms with Crippen LogP contribution in [0.5, 0.6) is 0 Å². The Bertz CT molecular complexity index is 307. The number of rotatable bonds is 2. The summed E-state index contributed by atoms with van der Waals surface area (Å²) >= 11 is 3.48. The molecule has 0 saturated carbocycles. The van der Waals surface area contributed by atoms with Gasteiger partial charge in [-0.1, -0.05) is 29.3 Å². The van der Waals surface area contributed by atoms with E-state index in [1.807, 2.05) is 0 Å². The lowest BCUT2D eigenvalue weighted by Crippen LogP contribution is -2.35. The van der Waals surface area contributed by atoms with E-state index < -0.39 is 0 Å². The standard InChI is InChI=1S/C13H18BrN/c1-2-11-4-3-9-15(10-11)13-7-5-12(14)6-8-13/h5-8,11H,2-4,9-10H2,1H3. The van der Waals surface area contributed by atoms with E-state index in [9.17, 15) is 0 Å². The highest BCUT2D eigenvalue weighted by molar-refractivity contribution is 9.10. The SMILES string of the molecule is CCC1CCCN(c2ccc(Br)cc2)C1. The molecule has 1 aromatic carbocycles. The molecule has 15 heavy (non-hydrogen) atoms. The van der Waals surface area contributed by atoms with Gasteiger partial charge in [-0.05, 0) is 43.0 Å². The molecular formula is C13H18BrN. The summed E-state index contributed by atoms with van der Waals surface area (Å²) in [5, 5.41) is 0. The van der Waals surface area contributed by atoms with Gasteiger partial charge in [0.1, 0.15) is 0 Å². The first-order valence-electron chi connectivity index (χ1n) is 5.80. The first-order valence-corrected chi connectivity index (χ1v) is 6.59. The molecule has 0 aliphatic carbocycles. The lowest BCUT2D eigenvalue weighted by molar-refractivity contribution is 0.405. The van der Waals surface area contributed by atoms with Gasteiger partial charge in [0.2, 0.25) is 0 Å². The zero-order chi connectivity index (χ0) is 10.7. The van der Waals surface area contributed by atoms with Crippen molar-refractivity contribution in [1.82, 2.24) is 0 Å². The normalized spacial score (nSPS) is 21.7. The maximum absolute atomic E-state index is 3.48. The van der Waals surface area contributed by atoms with Gasteiger partial charge in [0.15, 0.2) is 0 Å². The minimum atomic E-state index is 0.891. The van der Waals surface area contributed by atoms with Crippen molar-refractivity contribution in [2.45, 2.75) is 26.2 Å². The van der Waals surface area contributed by atoms with Crippen molar-refractivity contribution >= 4 is 21.6 Å². The highest BCUT2D eigenvalue weighted by Gasteiger charge is 2.18. The summed E-state index contributed by atoms with van der Waals surface area (Å²) in [6.07, 6.45) is 4.06. The van der Waals surface area contributed by atoms with Crippen LogP contribution in [0.25, 0.3) is 0 Å². The Labute approximate surface area is 101 Å². The van der Waals surface area contributed by atoms with Crippen LogP contribution in [0.1, 0.15) is 26.2 Å². The topological polar surface area (TPSA) is 3.24 Å². The fraction of sp³-hybridized carbons (Fsp3) is 0.538. The van der Waals surface area contributed by atoms with Crippen molar-refractivity contribution in [3.05, 3.63) is 28.7 Å². The second-order valence-electron chi connectivity index (χ2n) is 4.34. The van der Waals surface area contributed by atoms with E-state index in [-0.39, 0.29) is 0 Å². The summed E-state index contributed by atoms with van der Waals surface area (Å²) < 4.78 is 1.16. The second-order valence-corrected chi connectivity index (χ2v) is 5.25. The number of halogens is 1. The third-order valence-electron chi connectivity index (χ3n) is 3.29. The number of nitrogens with zero attached hydrogens (tertiary/aromatic N) is 1. The van der Waals surface area contributed by atoms with Crippen molar-refractivity contribution in [2.24, 2.45) is 5.92 Å². The minimum Gasteiger partial charge on any atom is -0.371 e. The number of piperidine rings is 1. The molecule has 1 fully saturated rings. The zero-order valence-electron chi connectivity index (χ0n) is 9.25. The molecule has 1 aromatic rings. The van der Waals surface area contributed by atoms with E-state index in [2.05, 4.69) is 52.0 Å². The van der Waals surface area contributed by atoms with Crippen molar-refractivity contribution < 1.29 is 0 Å². The summed E-state index contributed by atoms with van der Waals surface area (Å²) in [5.41, 5.74) is 1.37. The molecule has 1 unspecified atom stereocenters. The van der Waals surface area contributed by atoms with Gasteiger partial charge in [0.05, 0.1) is 0 Å². The van der Waals surface area contributed by atoms with Crippen molar-refractivity contribution in [1.29, 1.82) is 0 Å². The molecule has 0 bridgehead atoms. The Hall–Kier alpha value is -0.500. The van der Waals surface area contributed by atoms with Crippen LogP contribution in [-0.2, 0) is 0 Å². The minimum absolute atomic E-state index is 0.891. The molecule has 0 spiro atoms. The predicted octanol–water partition coefficient (Wildman–Crippen LogP) is 4.08. The van der Waals surface area contributed by atoms with Gasteiger partial charge in [-0.15, -0.1) is 0 Å². The van der Waals surface area contributed by atoms with Crippen LogP contribution in [0.4, 0.5) is 5.69 Å². The number of anilines is 1. The molecule has 2 heteroatoms. The maximum Gasteiger partial charge on any atom is 0.0367 e. The van der Waals surface area contributed by atoms with Crippen molar-refractivity contribution in [3.63, 3.8) is 0 Å². The molecule has 0 amide bonds. The lowest BCUT2D eigenvalue weighted by Gasteiger charge is -2.34. The number of hydrogen-bond acceptors (Lipinski definition) is 1. The summed E-state index contributed by atoms with van der Waals surface area (Å²) in [4.78, 5) is 2.52. The summed E-state index contributed by atoms with van der Waals surface area (Å²) in [6.45, 7) is 4.76. The summed E-state index contributed by atoms with van der Waals surface area (Å²) in [5.74, 6) is 0.891. The van der Waals surface area contributed by atoms with E-state index in [1.165, 1.54) is 38.0 Å². The first kappa shape index (κ1) is 11.0. The van der Waals surface area contributed by atoms with Crippen LogP contribution in [0.15, 0.2) is 28.7 Å². The molecule has 0 aromatic heterocycles. The lowest BCUT2D eigenvalue weighted by atomic mass is 9.95. The third-order valence-corrected chi connectivity index (χ3v) is 3.82. The van der Waals surface area contributed by atoms with Crippen LogP contribution in [0, 0.1) is 5.92 Å². The molecule has 1 aliphatic heterocycles. The molecule has 82 valence electrons. The van der Waals surface area contributed by atoms with Gasteiger partial charge in [-0.2, -0.15) is 0 Å².